The van der Waals surface area contributed by atoms with Crippen LogP contribution in [0.3, 0.4) is 0 Å². The Balaban J connectivity index is 1.44. The van der Waals surface area contributed by atoms with Crippen LogP contribution in [-0.4, -0.2) is 49.9 Å². The van der Waals surface area contributed by atoms with Crippen LogP contribution in [-0.2, 0) is 4.79 Å². The molecule has 2 aromatic carbocycles. The number of benzene rings is 2. The van der Waals surface area contributed by atoms with Crippen LogP contribution in [0.1, 0.15) is 28.8 Å². The van der Waals surface area contributed by atoms with Gasteiger partial charge in [0.05, 0.1) is 5.57 Å². The summed E-state index contributed by atoms with van der Waals surface area (Å²) in [5.74, 6) is -0.780. The van der Waals surface area contributed by atoms with E-state index in [1.165, 1.54) is 25.9 Å². The molecule has 6 nitrogen and oxygen atoms in total. The summed E-state index contributed by atoms with van der Waals surface area (Å²) < 4.78 is 0.816. The van der Waals surface area contributed by atoms with Crippen LogP contribution in [0.2, 0.25) is 0 Å². The van der Waals surface area contributed by atoms with Crippen molar-refractivity contribution in [3.63, 3.8) is 0 Å². The molecular formula is C23H25BrN4O2. The van der Waals surface area contributed by atoms with E-state index in [9.17, 15) is 9.59 Å². The second-order valence-electron chi connectivity index (χ2n) is 7.69. The third kappa shape index (κ3) is 4.57. The molecule has 0 bridgehead atoms. The molecule has 4 rings (SSSR count). The fourth-order valence-corrected chi connectivity index (χ4v) is 4.20. The lowest BCUT2D eigenvalue weighted by atomic mass is 9.95. The predicted molar refractivity (Wildman–Crippen MR) is 124 cm³/mol. The Morgan fingerprint density at radius 1 is 1.07 bits per heavy atom. The van der Waals surface area contributed by atoms with Crippen molar-refractivity contribution in [2.75, 3.05) is 43.4 Å². The molecule has 2 aromatic rings. The number of hydrogen-bond donors (Lipinski definition) is 2. The number of fused-ring (bicyclic) bond motifs is 1. The number of anilines is 2. The minimum atomic E-state index is -0.406. The standard InChI is InChI=1S/C23H25BrN4O2/c1-27(12-13-28-10-2-3-11-28)18-7-5-17(6-8-18)25-15-21-20-14-16(24)4-9-19(20)22(29)26-23(21)30/h4-9,14-15,25H,2-3,10-13H2,1H3,(H,26,29,30)/b21-15-. The number of likely N-dealkylation sites (N-methyl/N-ethyl adjacent to an activating group) is 1. The zero-order chi connectivity index (χ0) is 21.1. The molecule has 2 amide bonds. The minimum absolute atomic E-state index is 0.374. The lowest BCUT2D eigenvalue weighted by Crippen LogP contribution is -2.36. The van der Waals surface area contributed by atoms with E-state index in [1.807, 2.05) is 12.1 Å². The average molecular weight is 469 g/mol. The van der Waals surface area contributed by atoms with Gasteiger partial charge in [0.25, 0.3) is 11.8 Å². The van der Waals surface area contributed by atoms with Crippen molar-refractivity contribution in [3.05, 3.63) is 64.3 Å². The molecular weight excluding hydrogens is 444 g/mol. The van der Waals surface area contributed by atoms with Crippen LogP contribution in [0.15, 0.2) is 53.1 Å². The first-order valence-corrected chi connectivity index (χ1v) is 11.0. The summed E-state index contributed by atoms with van der Waals surface area (Å²) >= 11 is 3.41. The highest BCUT2D eigenvalue weighted by Gasteiger charge is 2.27. The maximum Gasteiger partial charge on any atom is 0.260 e. The molecule has 0 saturated carbocycles. The third-order valence-electron chi connectivity index (χ3n) is 5.63. The van der Waals surface area contributed by atoms with Crippen LogP contribution in [0.5, 0.6) is 0 Å². The Morgan fingerprint density at radius 3 is 2.53 bits per heavy atom. The van der Waals surface area contributed by atoms with Gasteiger partial charge in [-0.15, -0.1) is 0 Å². The zero-order valence-corrected chi connectivity index (χ0v) is 18.5. The molecule has 2 aliphatic heterocycles. The SMILES string of the molecule is CN(CCN1CCCC1)c1ccc(N/C=C2\C(=O)NC(=O)c3ccc(Br)cc32)cc1. The molecule has 1 fully saturated rings. The van der Waals surface area contributed by atoms with Gasteiger partial charge in [-0.3, -0.25) is 14.9 Å². The fourth-order valence-electron chi connectivity index (χ4n) is 3.84. The highest BCUT2D eigenvalue weighted by molar-refractivity contribution is 9.10. The lowest BCUT2D eigenvalue weighted by Gasteiger charge is -2.23. The molecule has 0 aliphatic carbocycles. The Labute approximate surface area is 185 Å². The summed E-state index contributed by atoms with van der Waals surface area (Å²) in [6.45, 7) is 4.51. The number of nitrogens with zero attached hydrogens (tertiary/aromatic N) is 2. The first-order valence-electron chi connectivity index (χ1n) is 10.2. The Morgan fingerprint density at radius 2 is 1.80 bits per heavy atom. The van der Waals surface area contributed by atoms with Crippen molar-refractivity contribution < 1.29 is 9.59 Å². The van der Waals surface area contributed by atoms with Gasteiger partial charge in [0.2, 0.25) is 0 Å². The number of halogens is 1. The fraction of sp³-hybridized carbons (Fsp3) is 0.304. The maximum absolute atomic E-state index is 12.4. The number of amides is 2. The number of nitrogens with one attached hydrogen (secondary N) is 2. The van der Waals surface area contributed by atoms with E-state index < -0.39 is 5.91 Å². The molecule has 2 aliphatic rings. The Hall–Kier alpha value is -2.64. The molecule has 1 saturated heterocycles. The van der Waals surface area contributed by atoms with E-state index >= 15 is 0 Å². The molecule has 7 heteroatoms. The highest BCUT2D eigenvalue weighted by Crippen LogP contribution is 2.27. The van der Waals surface area contributed by atoms with Crippen molar-refractivity contribution in [2.45, 2.75) is 12.8 Å². The van der Waals surface area contributed by atoms with Crippen LogP contribution >= 0.6 is 15.9 Å². The van der Waals surface area contributed by atoms with Gasteiger partial charge in [0.15, 0.2) is 0 Å². The smallest absolute Gasteiger partial charge is 0.260 e. The first kappa shape index (κ1) is 20.6. The van der Waals surface area contributed by atoms with Crippen molar-refractivity contribution in [1.29, 1.82) is 0 Å². The number of imide groups is 1. The number of likely N-dealkylation sites (tertiary alicyclic amines) is 1. The molecule has 0 radical (unpaired) electrons. The summed E-state index contributed by atoms with van der Waals surface area (Å²) in [6, 6.07) is 13.4. The van der Waals surface area contributed by atoms with Crippen LogP contribution in [0, 0.1) is 0 Å². The van der Waals surface area contributed by atoms with Gasteiger partial charge in [-0.1, -0.05) is 15.9 Å². The molecule has 0 atom stereocenters. The van der Waals surface area contributed by atoms with Crippen molar-refractivity contribution in [2.24, 2.45) is 0 Å². The van der Waals surface area contributed by atoms with Gasteiger partial charge in [0.1, 0.15) is 0 Å². The highest BCUT2D eigenvalue weighted by atomic mass is 79.9. The zero-order valence-electron chi connectivity index (χ0n) is 17.0. The van der Waals surface area contributed by atoms with Gasteiger partial charge < -0.3 is 15.1 Å². The quantitative estimate of drug-likeness (QED) is 0.499. The second-order valence-corrected chi connectivity index (χ2v) is 8.61. The first-order chi connectivity index (χ1) is 14.5. The van der Waals surface area contributed by atoms with Crippen molar-refractivity contribution in [3.8, 4) is 0 Å². The van der Waals surface area contributed by atoms with Crippen molar-refractivity contribution >= 4 is 44.7 Å². The summed E-state index contributed by atoms with van der Waals surface area (Å²) in [6.07, 6.45) is 4.28. The summed E-state index contributed by atoms with van der Waals surface area (Å²) in [4.78, 5) is 29.2. The van der Waals surface area contributed by atoms with E-state index in [0.29, 0.717) is 16.7 Å². The van der Waals surface area contributed by atoms with E-state index in [0.717, 1.165) is 28.9 Å². The Bertz CT molecular complexity index is 981. The molecule has 0 unspecified atom stereocenters. The third-order valence-corrected chi connectivity index (χ3v) is 6.12. The largest absolute Gasteiger partial charge is 0.373 e. The molecule has 0 aromatic heterocycles. The number of hydrogen-bond acceptors (Lipinski definition) is 5. The molecule has 0 spiro atoms. The molecule has 156 valence electrons. The summed E-state index contributed by atoms with van der Waals surface area (Å²) in [5, 5.41) is 5.58. The van der Waals surface area contributed by atoms with Gasteiger partial charge in [-0.25, -0.2) is 0 Å². The van der Waals surface area contributed by atoms with Gasteiger partial charge in [-0.05, 0) is 68.4 Å². The maximum atomic E-state index is 12.4. The number of carbonyl (C=O) groups is 2. The lowest BCUT2D eigenvalue weighted by molar-refractivity contribution is -0.114. The summed E-state index contributed by atoms with van der Waals surface area (Å²) in [5.41, 5.74) is 3.56. The molecule has 2 heterocycles. The van der Waals surface area contributed by atoms with E-state index in [-0.39, 0.29) is 5.91 Å². The van der Waals surface area contributed by atoms with E-state index in [1.54, 1.807) is 24.4 Å². The summed E-state index contributed by atoms with van der Waals surface area (Å²) in [7, 11) is 2.11. The molecule has 2 N–H and O–H groups in total. The van der Waals surface area contributed by atoms with E-state index in [2.05, 4.69) is 55.5 Å². The van der Waals surface area contributed by atoms with Crippen LogP contribution in [0.4, 0.5) is 11.4 Å². The monoisotopic (exact) mass is 468 g/mol. The predicted octanol–water partition coefficient (Wildman–Crippen LogP) is 3.70. The Kier molecular flexibility index (Phi) is 6.20. The number of rotatable bonds is 6. The second kappa shape index (κ2) is 9.02. The average Bonchev–Trinajstić information content (AvgIpc) is 3.25. The minimum Gasteiger partial charge on any atom is -0.373 e. The van der Waals surface area contributed by atoms with Crippen molar-refractivity contribution in [1.82, 2.24) is 10.2 Å². The van der Waals surface area contributed by atoms with Gasteiger partial charge in [-0.2, -0.15) is 0 Å². The van der Waals surface area contributed by atoms with Gasteiger partial charge in [0, 0.05) is 53.3 Å². The van der Waals surface area contributed by atoms with Gasteiger partial charge >= 0.3 is 0 Å². The van der Waals surface area contributed by atoms with E-state index in [4.69, 9.17) is 0 Å². The topological polar surface area (TPSA) is 64.7 Å². The number of carbonyl (C=O) groups excluding carboxylic acids is 2. The molecule has 30 heavy (non-hydrogen) atoms. The normalized spacial score (nSPS) is 17.7. The van der Waals surface area contributed by atoms with Crippen LogP contribution in [0.25, 0.3) is 5.57 Å². The van der Waals surface area contributed by atoms with Crippen LogP contribution < -0.4 is 15.5 Å².